The Bertz CT molecular complexity index is 1390. The molecule has 0 radical (unpaired) electrons. The van der Waals surface area contributed by atoms with Gasteiger partial charge in [-0.15, -0.1) is 11.3 Å². The molecule has 0 spiro atoms. The van der Waals surface area contributed by atoms with Crippen molar-refractivity contribution in [2.24, 2.45) is 17.1 Å². The van der Waals surface area contributed by atoms with E-state index in [1.165, 1.54) is 21.7 Å². The molecule has 9 nitrogen and oxygen atoms in total. The number of thiazole rings is 1. The third-order valence-corrected chi connectivity index (χ3v) is 9.90. The highest BCUT2D eigenvalue weighted by atomic mass is 32.2. The molecule has 4 N–H and O–H groups in total. The quantitative estimate of drug-likeness (QED) is 0.275. The second-order valence-corrected chi connectivity index (χ2v) is 12.9. The van der Waals surface area contributed by atoms with Crippen LogP contribution in [0.25, 0.3) is 10.2 Å². The molecule has 0 bridgehead atoms. The highest BCUT2D eigenvalue weighted by Crippen LogP contribution is 2.45. The van der Waals surface area contributed by atoms with Crippen molar-refractivity contribution in [1.29, 1.82) is 0 Å². The summed E-state index contributed by atoms with van der Waals surface area (Å²) in [6, 6.07) is 13.3. The number of aliphatic hydroxyl groups is 1. The minimum atomic E-state index is -3.97. The van der Waals surface area contributed by atoms with Crippen LogP contribution in [0.5, 0.6) is 0 Å². The molecule has 1 fully saturated rings. The van der Waals surface area contributed by atoms with Crippen molar-refractivity contribution in [2.75, 3.05) is 13.1 Å². The number of amides is 2. The molecule has 1 aliphatic rings. The van der Waals surface area contributed by atoms with Crippen molar-refractivity contribution in [2.45, 2.75) is 56.6 Å². The molecule has 3 aromatic rings. The molecule has 1 heterocycles. The minimum Gasteiger partial charge on any atom is -0.390 e. The molecule has 1 saturated carbocycles. The van der Waals surface area contributed by atoms with Gasteiger partial charge < -0.3 is 16.2 Å². The number of aromatic nitrogens is 1. The predicted octanol–water partition coefficient (Wildman–Crippen LogP) is 2.69. The summed E-state index contributed by atoms with van der Waals surface area (Å²) in [4.78, 5) is 29.3. The number of carbonyl (C=O) groups is 2. The van der Waals surface area contributed by atoms with Crippen LogP contribution in [0.2, 0.25) is 0 Å². The average Bonchev–Trinajstić information content (AvgIpc) is 3.59. The number of fused-ring (bicyclic) bond motifs is 1. The Balaban J connectivity index is 1.62. The van der Waals surface area contributed by atoms with E-state index in [1.807, 2.05) is 44.2 Å². The van der Waals surface area contributed by atoms with E-state index < -0.39 is 39.4 Å². The molecule has 2 aromatic carbocycles. The number of nitrogens with zero attached hydrogens (tertiary/aromatic N) is 2. The molecule has 204 valence electrons. The zero-order valence-corrected chi connectivity index (χ0v) is 23.2. The molecule has 0 saturated heterocycles. The lowest BCUT2D eigenvalue weighted by Gasteiger charge is -2.31. The van der Waals surface area contributed by atoms with Crippen LogP contribution >= 0.6 is 11.3 Å². The van der Waals surface area contributed by atoms with Gasteiger partial charge in [0.05, 0.1) is 32.8 Å². The molecule has 0 unspecified atom stereocenters. The third kappa shape index (κ3) is 6.06. The number of hydrogen-bond acceptors (Lipinski definition) is 7. The van der Waals surface area contributed by atoms with E-state index in [1.54, 1.807) is 17.6 Å². The molecule has 11 heteroatoms. The van der Waals surface area contributed by atoms with Gasteiger partial charge >= 0.3 is 0 Å². The Morgan fingerprint density at radius 2 is 1.89 bits per heavy atom. The topological polar surface area (TPSA) is 143 Å². The third-order valence-electron chi connectivity index (χ3n) is 7.28. The minimum absolute atomic E-state index is 0.0378. The fourth-order valence-electron chi connectivity index (χ4n) is 4.40. The lowest BCUT2D eigenvalue weighted by atomic mass is 9.98. The largest absolute Gasteiger partial charge is 0.390 e. The smallest absolute Gasteiger partial charge is 0.243 e. The summed E-state index contributed by atoms with van der Waals surface area (Å²) < 4.78 is 29.6. The molecule has 1 aromatic heterocycles. The maximum Gasteiger partial charge on any atom is 0.243 e. The first-order valence-corrected chi connectivity index (χ1v) is 15.0. The van der Waals surface area contributed by atoms with Gasteiger partial charge in [0, 0.05) is 13.1 Å². The average molecular weight is 559 g/mol. The Morgan fingerprint density at radius 1 is 1.18 bits per heavy atom. The molecular weight excluding hydrogens is 524 g/mol. The van der Waals surface area contributed by atoms with Crippen LogP contribution in [0.1, 0.15) is 38.7 Å². The highest BCUT2D eigenvalue weighted by Gasteiger charge is 2.56. The van der Waals surface area contributed by atoms with Crippen LogP contribution in [0, 0.1) is 11.3 Å². The number of benzene rings is 2. The molecule has 1 aliphatic carbocycles. The van der Waals surface area contributed by atoms with E-state index in [9.17, 15) is 23.1 Å². The number of nitrogens with two attached hydrogens (primary N) is 1. The van der Waals surface area contributed by atoms with Crippen LogP contribution in [0.4, 0.5) is 0 Å². The fourth-order valence-corrected chi connectivity index (χ4v) is 6.79. The number of nitrogens with one attached hydrogen (secondary N) is 1. The van der Waals surface area contributed by atoms with Crippen molar-refractivity contribution in [3.8, 4) is 0 Å². The first-order valence-electron chi connectivity index (χ1n) is 12.7. The normalized spacial score (nSPS) is 17.2. The van der Waals surface area contributed by atoms with Crippen molar-refractivity contribution in [3.05, 3.63) is 59.6 Å². The maximum atomic E-state index is 13.8. The van der Waals surface area contributed by atoms with Crippen LogP contribution in [-0.4, -0.2) is 59.9 Å². The van der Waals surface area contributed by atoms with Gasteiger partial charge in [0.1, 0.15) is 5.41 Å². The van der Waals surface area contributed by atoms with Crippen molar-refractivity contribution >= 4 is 43.4 Å². The molecule has 0 aliphatic heterocycles. The van der Waals surface area contributed by atoms with Gasteiger partial charge in [-0.25, -0.2) is 13.4 Å². The standard InChI is InChI=1S/C27H34N4O5S2/c1-3-18(2)15-31(38(35,36)20-9-10-21-24(14-20)37-17-29-21)16-23(32)22(13-19-7-5-4-6-8-19)30-26(34)27(11-12-27)25(28)33/h4-10,14,17-18,22-23,32H,3,11-13,15-16H2,1-2H3,(H2,28,33)(H,30,34)/t18-,22+,23-/m1/s1. The first-order chi connectivity index (χ1) is 18.1. The Morgan fingerprint density at radius 3 is 2.53 bits per heavy atom. The second-order valence-electron chi connectivity index (χ2n) is 10.1. The van der Waals surface area contributed by atoms with E-state index in [-0.39, 0.29) is 30.3 Å². The maximum absolute atomic E-state index is 13.8. The van der Waals surface area contributed by atoms with Gasteiger partial charge in [0.15, 0.2) is 0 Å². The Hall–Kier alpha value is -2.86. The number of hydrogen-bond donors (Lipinski definition) is 3. The highest BCUT2D eigenvalue weighted by molar-refractivity contribution is 7.89. The van der Waals surface area contributed by atoms with Gasteiger partial charge in [0.25, 0.3) is 0 Å². The molecule has 3 atom stereocenters. The summed E-state index contributed by atoms with van der Waals surface area (Å²) in [6.45, 7) is 3.91. The summed E-state index contributed by atoms with van der Waals surface area (Å²) in [6.07, 6.45) is 0.482. The fraction of sp³-hybridized carbons (Fsp3) is 0.444. The zero-order chi connectivity index (χ0) is 27.5. The van der Waals surface area contributed by atoms with Gasteiger partial charge in [0.2, 0.25) is 21.8 Å². The van der Waals surface area contributed by atoms with Crippen LogP contribution in [0.15, 0.2) is 58.9 Å². The van der Waals surface area contributed by atoms with Crippen molar-refractivity contribution < 1.29 is 23.1 Å². The second kappa shape index (κ2) is 11.5. The van der Waals surface area contributed by atoms with Crippen LogP contribution < -0.4 is 11.1 Å². The summed E-state index contributed by atoms with van der Waals surface area (Å²) in [7, 11) is -3.97. The van der Waals surface area contributed by atoms with Gasteiger partial charge in [-0.2, -0.15) is 4.31 Å². The lowest BCUT2D eigenvalue weighted by molar-refractivity contribution is -0.136. The Kier molecular flexibility index (Phi) is 8.51. The number of carbonyl (C=O) groups excluding carboxylic acids is 2. The monoisotopic (exact) mass is 558 g/mol. The Labute approximate surface area is 227 Å². The van der Waals surface area contributed by atoms with E-state index in [0.717, 1.165) is 22.2 Å². The van der Waals surface area contributed by atoms with Gasteiger partial charge in [-0.05, 0) is 48.9 Å². The summed E-state index contributed by atoms with van der Waals surface area (Å²) in [5, 5.41) is 14.2. The molecular formula is C27H34N4O5S2. The summed E-state index contributed by atoms with van der Waals surface area (Å²) in [5.74, 6) is -1.18. The van der Waals surface area contributed by atoms with Gasteiger partial charge in [-0.3, -0.25) is 9.59 Å². The lowest BCUT2D eigenvalue weighted by Crippen LogP contribution is -2.54. The van der Waals surface area contributed by atoms with Crippen molar-refractivity contribution in [3.63, 3.8) is 0 Å². The predicted molar refractivity (Wildman–Crippen MR) is 147 cm³/mol. The van der Waals surface area contributed by atoms with E-state index in [2.05, 4.69) is 10.3 Å². The summed E-state index contributed by atoms with van der Waals surface area (Å²) >= 11 is 1.36. The number of aliphatic hydroxyl groups excluding tert-OH is 1. The van der Waals surface area contributed by atoms with E-state index >= 15 is 0 Å². The van der Waals surface area contributed by atoms with Gasteiger partial charge in [-0.1, -0.05) is 50.6 Å². The molecule has 2 amide bonds. The van der Waals surface area contributed by atoms with Crippen LogP contribution in [-0.2, 0) is 26.0 Å². The number of sulfonamides is 1. The number of primary amides is 1. The van der Waals surface area contributed by atoms with Crippen LogP contribution in [0.3, 0.4) is 0 Å². The SMILES string of the molecule is CC[C@@H](C)CN(C[C@@H](O)[C@H](Cc1ccccc1)NC(=O)C1(C(N)=O)CC1)S(=O)(=O)c1ccc2ncsc2c1. The van der Waals surface area contributed by atoms with Crippen molar-refractivity contribution in [1.82, 2.24) is 14.6 Å². The van der Waals surface area contributed by atoms with E-state index in [0.29, 0.717) is 12.8 Å². The molecule has 4 rings (SSSR count). The molecule has 38 heavy (non-hydrogen) atoms. The number of rotatable bonds is 13. The van der Waals surface area contributed by atoms with E-state index in [4.69, 9.17) is 5.73 Å². The first kappa shape index (κ1) is 28.2. The zero-order valence-electron chi connectivity index (χ0n) is 21.5. The summed E-state index contributed by atoms with van der Waals surface area (Å²) in [5.41, 5.74) is 7.46.